The number of carbonyl (C=O) groups excluding carboxylic acids is 1. The summed E-state index contributed by atoms with van der Waals surface area (Å²) in [6.45, 7) is 2.93. The normalized spacial score (nSPS) is 10.2. The molecule has 0 saturated carbocycles. The van der Waals surface area contributed by atoms with E-state index in [2.05, 4.69) is 38.1 Å². The molecule has 0 bridgehead atoms. The van der Waals surface area contributed by atoms with Gasteiger partial charge in [0.1, 0.15) is 0 Å². The zero-order valence-corrected chi connectivity index (χ0v) is 13.0. The Kier molecular flexibility index (Phi) is 4.74. The lowest BCUT2D eigenvalue weighted by atomic mass is 10.2. The Morgan fingerprint density at radius 2 is 2.10 bits per heavy atom. The third-order valence-corrected chi connectivity index (χ3v) is 3.44. The van der Waals surface area contributed by atoms with Crippen LogP contribution in [0.1, 0.15) is 17.3 Å². The first-order valence-electron chi connectivity index (χ1n) is 6.34. The van der Waals surface area contributed by atoms with E-state index >= 15 is 0 Å². The molecule has 0 radical (unpaired) electrons. The van der Waals surface area contributed by atoms with E-state index in [1.807, 2.05) is 31.3 Å². The minimum atomic E-state index is -0.171. The molecule has 0 saturated heterocycles. The van der Waals surface area contributed by atoms with Gasteiger partial charge >= 0.3 is 0 Å². The number of nitrogens with zero attached hydrogens (tertiary/aromatic N) is 2. The van der Waals surface area contributed by atoms with Crippen LogP contribution in [0.3, 0.4) is 0 Å². The van der Waals surface area contributed by atoms with Gasteiger partial charge in [-0.25, -0.2) is 0 Å². The fraction of sp³-hybridized carbons (Fsp3) is 0.200. The van der Waals surface area contributed by atoms with Crippen molar-refractivity contribution in [3.8, 4) is 0 Å². The number of para-hydroxylation sites is 2. The highest BCUT2D eigenvalue weighted by atomic mass is 79.9. The van der Waals surface area contributed by atoms with E-state index in [-0.39, 0.29) is 5.91 Å². The van der Waals surface area contributed by atoms with Crippen LogP contribution in [-0.4, -0.2) is 24.5 Å². The number of carbonyl (C=O) groups is 1. The zero-order valence-electron chi connectivity index (χ0n) is 11.4. The van der Waals surface area contributed by atoms with Gasteiger partial charge in [-0.2, -0.15) is 0 Å². The monoisotopic (exact) mass is 333 g/mol. The fourth-order valence-electron chi connectivity index (χ4n) is 1.81. The predicted octanol–water partition coefficient (Wildman–Crippen LogP) is 3.55. The van der Waals surface area contributed by atoms with Gasteiger partial charge in [0.15, 0.2) is 0 Å². The highest BCUT2D eigenvalue weighted by molar-refractivity contribution is 9.10. The molecule has 0 aliphatic rings. The summed E-state index contributed by atoms with van der Waals surface area (Å²) in [6.07, 6.45) is 3.20. The Hall–Kier alpha value is -1.88. The third-order valence-electron chi connectivity index (χ3n) is 3.00. The molecule has 1 heterocycles. The Morgan fingerprint density at radius 1 is 1.35 bits per heavy atom. The van der Waals surface area contributed by atoms with E-state index in [4.69, 9.17) is 0 Å². The molecular formula is C15H16BrN3O. The Bertz CT molecular complexity index is 616. The van der Waals surface area contributed by atoms with Crippen LogP contribution in [-0.2, 0) is 0 Å². The summed E-state index contributed by atoms with van der Waals surface area (Å²) >= 11 is 3.31. The molecular weight excluding hydrogens is 318 g/mol. The quantitative estimate of drug-likeness (QED) is 0.930. The number of aromatic nitrogens is 1. The molecule has 104 valence electrons. The Labute approximate surface area is 127 Å². The molecule has 1 amide bonds. The average Bonchev–Trinajstić information content (AvgIpc) is 2.47. The van der Waals surface area contributed by atoms with Crippen LogP contribution in [0.25, 0.3) is 0 Å². The van der Waals surface area contributed by atoms with Gasteiger partial charge in [0.25, 0.3) is 5.91 Å². The standard InChI is InChI=1S/C15H16BrN3O/c1-3-19(2)14-7-5-4-6-13(14)18-15(20)11-8-12(16)10-17-9-11/h4-10H,3H2,1-2H3,(H,18,20). The summed E-state index contributed by atoms with van der Waals surface area (Å²) in [5.41, 5.74) is 2.31. The van der Waals surface area contributed by atoms with Crippen LogP contribution in [0.15, 0.2) is 47.2 Å². The summed E-state index contributed by atoms with van der Waals surface area (Å²) in [5.74, 6) is -0.171. The average molecular weight is 334 g/mol. The maximum Gasteiger partial charge on any atom is 0.257 e. The Morgan fingerprint density at radius 3 is 2.80 bits per heavy atom. The van der Waals surface area contributed by atoms with Crippen LogP contribution in [0, 0.1) is 0 Å². The molecule has 1 aromatic carbocycles. The maximum atomic E-state index is 12.2. The first-order valence-corrected chi connectivity index (χ1v) is 7.13. The smallest absolute Gasteiger partial charge is 0.257 e. The molecule has 5 heteroatoms. The number of hydrogen-bond acceptors (Lipinski definition) is 3. The highest BCUT2D eigenvalue weighted by Gasteiger charge is 2.11. The van der Waals surface area contributed by atoms with Crippen molar-refractivity contribution in [1.29, 1.82) is 0 Å². The number of benzene rings is 1. The van der Waals surface area contributed by atoms with Gasteiger partial charge in [-0.15, -0.1) is 0 Å². The number of halogens is 1. The molecule has 2 rings (SSSR count). The topological polar surface area (TPSA) is 45.2 Å². The first-order chi connectivity index (χ1) is 9.61. The number of amides is 1. The van der Waals surface area contributed by atoms with Crippen molar-refractivity contribution in [2.45, 2.75) is 6.92 Å². The van der Waals surface area contributed by atoms with E-state index in [0.29, 0.717) is 5.56 Å². The van der Waals surface area contributed by atoms with Crippen LogP contribution < -0.4 is 10.2 Å². The minimum absolute atomic E-state index is 0.171. The van der Waals surface area contributed by atoms with Crippen molar-refractivity contribution in [3.63, 3.8) is 0 Å². The molecule has 1 N–H and O–H groups in total. The van der Waals surface area contributed by atoms with Gasteiger partial charge in [-0.05, 0) is 41.1 Å². The van der Waals surface area contributed by atoms with Crippen molar-refractivity contribution in [3.05, 3.63) is 52.8 Å². The molecule has 0 fully saturated rings. The summed E-state index contributed by atoms with van der Waals surface area (Å²) < 4.78 is 0.782. The van der Waals surface area contributed by atoms with Gasteiger partial charge < -0.3 is 10.2 Å². The number of rotatable bonds is 4. The summed E-state index contributed by atoms with van der Waals surface area (Å²) in [7, 11) is 1.99. The van der Waals surface area contributed by atoms with Gasteiger partial charge in [-0.1, -0.05) is 12.1 Å². The number of anilines is 2. The summed E-state index contributed by atoms with van der Waals surface area (Å²) in [4.78, 5) is 18.3. The summed E-state index contributed by atoms with van der Waals surface area (Å²) in [6, 6.07) is 9.48. The van der Waals surface area contributed by atoms with E-state index in [9.17, 15) is 4.79 Å². The molecule has 0 aliphatic heterocycles. The number of nitrogens with one attached hydrogen (secondary N) is 1. The molecule has 20 heavy (non-hydrogen) atoms. The number of pyridine rings is 1. The van der Waals surface area contributed by atoms with E-state index < -0.39 is 0 Å². The van der Waals surface area contributed by atoms with Crippen molar-refractivity contribution in [2.75, 3.05) is 23.8 Å². The van der Waals surface area contributed by atoms with Crippen molar-refractivity contribution >= 4 is 33.2 Å². The Balaban J connectivity index is 2.24. The molecule has 0 spiro atoms. The van der Waals surface area contributed by atoms with Gasteiger partial charge in [0, 0.05) is 30.5 Å². The van der Waals surface area contributed by atoms with Crippen LogP contribution in [0.5, 0.6) is 0 Å². The minimum Gasteiger partial charge on any atom is -0.373 e. The molecule has 0 aliphatic carbocycles. The van der Waals surface area contributed by atoms with E-state index in [1.165, 1.54) is 0 Å². The van der Waals surface area contributed by atoms with Crippen LogP contribution in [0.4, 0.5) is 11.4 Å². The maximum absolute atomic E-state index is 12.2. The SMILES string of the molecule is CCN(C)c1ccccc1NC(=O)c1cncc(Br)c1. The second kappa shape index (κ2) is 6.52. The van der Waals surface area contributed by atoms with E-state index in [0.717, 1.165) is 22.4 Å². The molecule has 2 aromatic rings. The second-order valence-corrected chi connectivity index (χ2v) is 5.29. The number of hydrogen-bond donors (Lipinski definition) is 1. The third kappa shape index (κ3) is 3.36. The lowest BCUT2D eigenvalue weighted by molar-refractivity contribution is 0.102. The molecule has 4 nitrogen and oxygen atoms in total. The fourth-order valence-corrected chi connectivity index (χ4v) is 2.18. The van der Waals surface area contributed by atoms with Crippen LogP contribution in [0.2, 0.25) is 0 Å². The first kappa shape index (κ1) is 14.5. The largest absolute Gasteiger partial charge is 0.373 e. The van der Waals surface area contributed by atoms with Crippen molar-refractivity contribution in [1.82, 2.24) is 4.98 Å². The summed E-state index contributed by atoms with van der Waals surface area (Å²) in [5, 5.41) is 2.93. The lowest BCUT2D eigenvalue weighted by Gasteiger charge is -2.20. The molecule has 0 atom stereocenters. The van der Waals surface area contributed by atoms with E-state index in [1.54, 1.807) is 18.5 Å². The molecule has 1 aromatic heterocycles. The van der Waals surface area contributed by atoms with Gasteiger partial charge in [0.05, 0.1) is 16.9 Å². The van der Waals surface area contributed by atoms with Gasteiger partial charge in [0.2, 0.25) is 0 Å². The lowest BCUT2D eigenvalue weighted by Crippen LogP contribution is -2.20. The zero-order chi connectivity index (χ0) is 14.5. The highest BCUT2D eigenvalue weighted by Crippen LogP contribution is 2.25. The van der Waals surface area contributed by atoms with Crippen molar-refractivity contribution < 1.29 is 4.79 Å². The van der Waals surface area contributed by atoms with Gasteiger partial charge in [-0.3, -0.25) is 9.78 Å². The molecule has 0 unspecified atom stereocenters. The van der Waals surface area contributed by atoms with Crippen LogP contribution >= 0.6 is 15.9 Å². The van der Waals surface area contributed by atoms with Crippen molar-refractivity contribution in [2.24, 2.45) is 0 Å². The predicted molar refractivity (Wildman–Crippen MR) is 85.3 cm³/mol. The second-order valence-electron chi connectivity index (χ2n) is 4.38.